The molecule has 1 saturated carbocycles. The molecule has 14 heteroatoms. The van der Waals surface area contributed by atoms with E-state index in [9.17, 15) is 19.4 Å². The molecule has 338 valence electrons. The van der Waals surface area contributed by atoms with Gasteiger partial charge in [-0.15, -0.1) is 6.58 Å². The van der Waals surface area contributed by atoms with Crippen LogP contribution in [0.2, 0.25) is 0 Å². The van der Waals surface area contributed by atoms with Gasteiger partial charge in [-0.1, -0.05) is 54.4 Å². The molecule has 3 aromatic carbocycles. The minimum Gasteiger partial charge on any atom is -0.489 e. The largest absolute Gasteiger partial charge is 0.489 e. The second-order valence-corrected chi connectivity index (χ2v) is 16.8. The average molecular weight is 871 g/mol. The number of methoxy groups -OCH3 is 1. The fourth-order valence-electron chi connectivity index (χ4n) is 10.1. The van der Waals surface area contributed by atoms with Crippen molar-refractivity contribution in [2.75, 3.05) is 40.3 Å². The highest BCUT2D eigenvalue weighted by atomic mass is 19.1. The second-order valence-electron chi connectivity index (χ2n) is 16.8. The lowest BCUT2D eigenvalue weighted by Gasteiger charge is -2.59. The number of aliphatic hydroxyl groups excluding tert-OH is 2. The zero-order valence-electron chi connectivity index (χ0n) is 36.0. The number of aliphatic hydroxyl groups is 2. The molecule has 1 saturated heterocycles. The van der Waals surface area contributed by atoms with Crippen molar-refractivity contribution in [2.45, 2.75) is 101 Å². The van der Waals surface area contributed by atoms with Crippen LogP contribution in [0, 0.1) is 23.6 Å². The number of halogens is 1. The van der Waals surface area contributed by atoms with Gasteiger partial charge in [0.1, 0.15) is 30.0 Å². The third-order valence-electron chi connectivity index (χ3n) is 13.0. The van der Waals surface area contributed by atoms with E-state index in [-0.39, 0.29) is 69.8 Å². The van der Waals surface area contributed by atoms with Gasteiger partial charge >= 0.3 is 6.09 Å². The molecule has 8 rings (SSSR count). The number of hydrogen-bond donors (Lipinski definition) is 2. The summed E-state index contributed by atoms with van der Waals surface area (Å²) in [6, 6.07) is 17.0. The number of benzene rings is 3. The number of fused-ring (bicyclic) bond motifs is 3. The van der Waals surface area contributed by atoms with Crippen molar-refractivity contribution < 1.29 is 57.4 Å². The number of allylic oxidation sites excluding steroid dienone is 1. The van der Waals surface area contributed by atoms with Gasteiger partial charge in [-0.3, -0.25) is 4.90 Å². The van der Waals surface area contributed by atoms with E-state index < -0.39 is 30.1 Å². The predicted octanol–water partition coefficient (Wildman–Crippen LogP) is 8.56. The molecule has 13 nitrogen and oxygen atoms in total. The topological polar surface area (TPSA) is 147 Å². The molecular weight excluding hydrogens is 812 g/mol. The first-order valence-corrected chi connectivity index (χ1v) is 22.3. The molecule has 2 N–H and O–H groups in total. The molecule has 3 aromatic rings. The van der Waals surface area contributed by atoms with E-state index in [1.165, 1.54) is 13.2 Å². The van der Waals surface area contributed by atoms with E-state index in [1.54, 1.807) is 29.2 Å². The number of rotatable bonds is 19. The summed E-state index contributed by atoms with van der Waals surface area (Å²) in [5.41, 5.74) is 3.61. The molecule has 0 spiro atoms. The van der Waals surface area contributed by atoms with E-state index >= 15 is 0 Å². The minimum absolute atomic E-state index is 0.0109. The number of oxime groups is 1. The summed E-state index contributed by atoms with van der Waals surface area (Å²) in [6.45, 7) is 5.07. The second kappa shape index (κ2) is 20.6. The van der Waals surface area contributed by atoms with Gasteiger partial charge in [0.25, 0.3) is 0 Å². The molecule has 7 atom stereocenters. The Morgan fingerprint density at radius 2 is 1.81 bits per heavy atom. The van der Waals surface area contributed by atoms with Crippen LogP contribution < -0.4 is 18.9 Å². The van der Waals surface area contributed by atoms with Gasteiger partial charge in [0.15, 0.2) is 11.5 Å². The van der Waals surface area contributed by atoms with Gasteiger partial charge in [-0.25, -0.2) is 9.18 Å². The SMILES string of the molecule is C=CCOC12Oc3ccc(OCc4ccccc4F)cc3C3C(CCCCO)C(CCCCO)C=C(C(=NOC4CCCCO4)CC1N(Cc1ccc4c(c1)OCO4)C(=O)OC)C32. The Balaban J connectivity index is 1.31. The van der Waals surface area contributed by atoms with Crippen LogP contribution in [0.5, 0.6) is 23.0 Å². The van der Waals surface area contributed by atoms with Gasteiger partial charge in [0.2, 0.25) is 18.9 Å². The minimum atomic E-state index is -1.51. The Morgan fingerprint density at radius 1 is 1.00 bits per heavy atom. The number of nitrogens with zero attached hydrogens (tertiary/aromatic N) is 2. The number of carbonyl (C=O) groups is 1. The third kappa shape index (κ3) is 9.55. The molecule has 3 heterocycles. The van der Waals surface area contributed by atoms with Crippen molar-refractivity contribution in [3.05, 3.63) is 107 Å². The smallest absolute Gasteiger partial charge is 0.410 e. The first-order valence-electron chi connectivity index (χ1n) is 22.3. The molecule has 2 aliphatic carbocycles. The van der Waals surface area contributed by atoms with E-state index in [2.05, 4.69) is 12.7 Å². The van der Waals surface area contributed by atoms with Crippen LogP contribution in [-0.4, -0.2) is 85.4 Å². The summed E-state index contributed by atoms with van der Waals surface area (Å²) in [6.07, 6.45) is 9.98. The average Bonchev–Trinajstić information content (AvgIpc) is 3.79. The van der Waals surface area contributed by atoms with Crippen molar-refractivity contribution in [3.8, 4) is 23.0 Å². The number of hydrogen-bond acceptors (Lipinski definition) is 12. The Morgan fingerprint density at radius 3 is 2.59 bits per heavy atom. The maximum absolute atomic E-state index is 14.8. The normalized spacial score (nSPS) is 26.2. The predicted molar refractivity (Wildman–Crippen MR) is 231 cm³/mol. The number of unbranched alkanes of at least 4 members (excludes halogenated alkanes) is 2. The summed E-state index contributed by atoms with van der Waals surface area (Å²) in [4.78, 5) is 22.3. The van der Waals surface area contributed by atoms with E-state index in [0.29, 0.717) is 60.1 Å². The van der Waals surface area contributed by atoms with Crippen LogP contribution in [0.15, 0.2) is 90.1 Å². The molecule has 3 aliphatic heterocycles. The molecule has 0 bridgehead atoms. The van der Waals surface area contributed by atoms with Crippen LogP contribution in [-0.2, 0) is 32.2 Å². The summed E-state index contributed by atoms with van der Waals surface area (Å²) < 4.78 is 58.4. The zero-order valence-corrected chi connectivity index (χ0v) is 36.0. The monoisotopic (exact) mass is 870 g/mol. The van der Waals surface area contributed by atoms with Crippen LogP contribution in [0.1, 0.15) is 86.8 Å². The lowest BCUT2D eigenvalue weighted by molar-refractivity contribution is -0.256. The van der Waals surface area contributed by atoms with Crippen molar-refractivity contribution in [2.24, 2.45) is 22.9 Å². The number of amides is 1. The van der Waals surface area contributed by atoms with Gasteiger partial charge in [0.05, 0.1) is 32.0 Å². The van der Waals surface area contributed by atoms with Crippen LogP contribution in [0.4, 0.5) is 9.18 Å². The number of ether oxygens (including phenoxy) is 7. The fourth-order valence-corrected chi connectivity index (χ4v) is 10.1. The van der Waals surface area contributed by atoms with Crippen LogP contribution >= 0.6 is 0 Å². The first-order chi connectivity index (χ1) is 30.9. The van der Waals surface area contributed by atoms with Gasteiger partial charge in [0, 0.05) is 49.6 Å². The van der Waals surface area contributed by atoms with Crippen molar-refractivity contribution in [1.82, 2.24) is 4.90 Å². The van der Waals surface area contributed by atoms with Crippen molar-refractivity contribution >= 4 is 11.8 Å². The summed E-state index contributed by atoms with van der Waals surface area (Å²) in [5.74, 6) is -0.401. The highest BCUT2D eigenvalue weighted by molar-refractivity contribution is 6.03. The first kappa shape index (κ1) is 44.5. The molecule has 2 fully saturated rings. The van der Waals surface area contributed by atoms with Gasteiger partial charge in [-0.05, 0) is 97.9 Å². The van der Waals surface area contributed by atoms with Gasteiger partial charge < -0.3 is 48.2 Å². The Kier molecular flexibility index (Phi) is 14.5. The molecule has 0 aromatic heterocycles. The molecular formula is C49H59FN2O11. The molecule has 7 unspecified atom stereocenters. The van der Waals surface area contributed by atoms with Crippen LogP contribution in [0.3, 0.4) is 0 Å². The Hall–Kier alpha value is -5.15. The van der Waals surface area contributed by atoms with Crippen LogP contribution in [0.25, 0.3) is 0 Å². The molecule has 0 radical (unpaired) electrons. The van der Waals surface area contributed by atoms with E-state index in [0.717, 1.165) is 55.2 Å². The molecule has 5 aliphatic rings. The number of carbonyl (C=O) groups excluding carboxylic acids is 1. The maximum Gasteiger partial charge on any atom is 0.410 e. The Bertz CT molecular complexity index is 2120. The Labute approximate surface area is 368 Å². The zero-order chi connectivity index (χ0) is 43.8. The molecule has 1 amide bonds. The maximum atomic E-state index is 14.8. The van der Waals surface area contributed by atoms with Crippen molar-refractivity contribution in [1.29, 1.82) is 0 Å². The lowest BCUT2D eigenvalue weighted by Crippen LogP contribution is -2.70. The summed E-state index contributed by atoms with van der Waals surface area (Å²) in [7, 11) is 1.36. The fraction of sp³-hybridized carbons (Fsp3) is 0.510. The third-order valence-corrected chi connectivity index (χ3v) is 13.0. The van der Waals surface area contributed by atoms with Gasteiger partial charge in [-0.2, -0.15) is 0 Å². The standard InChI is InChI=1S/C49H59FN2O11/c1-3-23-61-49-44(52(48(55)56-2)29-32-17-19-42-43(25-32)60-31-59-42)28-40(51-63-45-16-8-11-24-57-45)37-26-33(12-6-9-21-53)36(14-7-10-22-54)46(47(37)49)38-27-35(18-20-41(38)62-49)58-30-34-13-4-5-15-39(34)50/h3-5,13,15,17-20,25-27,33,36,44-47,53-54H,1,6-12,14,16,21-24,28-31H2,2H3. The summed E-state index contributed by atoms with van der Waals surface area (Å²) in [5, 5.41) is 24.8. The van der Waals surface area contributed by atoms with E-state index in [1.807, 2.05) is 36.4 Å². The molecule has 63 heavy (non-hydrogen) atoms. The van der Waals surface area contributed by atoms with E-state index in [4.69, 9.17) is 43.2 Å². The van der Waals surface area contributed by atoms with Crippen molar-refractivity contribution in [3.63, 3.8) is 0 Å². The highest BCUT2D eigenvalue weighted by Gasteiger charge is 2.65. The summed E-state index contributed by atoms with van der Waals surface area (Å²) >= 11 is 0. The lowest BCUT2D eigenvalue weighted by atomic mass is 9.55. The highest BCUT2D eigenvalue weighted by Crippen LogP contribution is 2.62. The quantitative estimate of drug-likeness (QED) is 0.0679.